The fraction of sp³-hybridized carbons (Fsp3) is 0.100. The van der Waals surface area contributed by atoms with Gasteiger partial charge in [-0.05, 0) is 12.1 Å². The second-order valence-corrected chi connectivity index (χ2v) is 7.45. The molecule has 4 heterocycles. The highest BCUT2D eigenvalue weighted by molar-refractivity contribution is 9.10. The van der Waals surface area contributed by atoms with Gasteiger partial charge in [0.25, 0.3) is 0 Å². The van der Waals surface area contributed by atoms with Crippen molar-refractivity contribution in [3.05, 3.63) is 71.0 Å². The molecule has 0 saturated carbocycles. The molecule has 2 N–H and O–H groups in total. The molecule has 8 nitrogen and oxygen atoms in total. The van der Waals surface area contributed by atoms with Crippen LogP contribution in [0.3, 0.4) is 0 Å². The van der Waals surface area contributed by atoms with E-state index in [0.29, 0.717) is 17.1 Å². The number of aryl methyl sites for hydroxylation is 1. The number of aliphatic hydroxyl groups excluding tert-OH is 1. The molecule has 0 bridgehead atoms. The van der Waals surface area contributed by atoms with Gasteiger partial charge in [0, 0.05) is 52.2 Å². The van der Waals surface area contributed by atoms with Crippen molar-refractivity contribution in [1.29, 1.82) is 0 Å². The first kappa shape index (κ1) is 17.8. The number of halogens is 1. The van der Waals surface area contributed by atoms with E-state index in [0.717, 1.165) is 26.5 Å². The van der Waals surface area contributed by atoms with Crippen molar-refractivity contribution in [3.8, 4) is 22.6 Å². The first-order valence-corrected chi connectivity index (χ1v) is 9.62. The van der Waals surface area contributed by atoms with E-state index < -0.39 is 6.10 Å². The monoisotopic (exact) mass is 450 g/mol. The second-order valence-electron chi connectivity index (χ2n) is 6.59. The number of rotatable bonds is 4. The van der Waals surface area contributed by atoms with Crippen LogP contribution >= 0.6 is 15.9 Å². The van der Waals surface area contributed by atoms with Crippen molar-refractivity contribution >= 4 is 27.0 Å². The number of fused-ring (bicyclic) bond motifs is 1. The number of nitrogens with zero attached hydrogens (tertiary/aromatic N) is 5. The van der Waals surface area contributed by atoms with Crippen LogP contribution in [0.15, 0.2) is 64.0 Å². The predicted molar refractivity (Wildman–Crippen MR) is 110 cm³/mol. The summed E-state index contributed by atoms with van der Waals surface area (Å²) in [5, 5.41) is 23.9. The quantitative estimate of drug-likeness (QED) is 0.430. The Bertz CT molecular complexity index is 1320. The number of hydrogen-bond donors (Lipinski definition) is 2. The Kier molecular flexibility index (Phi) is 4.26. The molecule has 1 atom stereocenters. The van der Waals surface area contributed by atoms with Gasteiger partial charge in [0.15, 0.2) is 6.10 Å². The Morgan fingerprint density at radius 1 is 1.17 bits per heavy atom. The van der Waals surface area contributed by atoms with Gasteiger partial charge in [-0.15, -0.1) is 10.2 Å². The predicted octanol–water partition coefficient (Wildman–Crippen LogP) is 3.86. The van der Waals surface area contributed by atoms with Crippen LogP contribution < -0.4 is 0 Å². The lowest BCUT2D eigenvalue weighted by Gasteiger charge is -2.08. The molecular weight excluding hydrogens is 436 g/mol. The molecule has 0 radical (unpaired) electrons. The average molecular weight is 451 g/mol. The highest BCUT2D eigenvalue weighted by Gasteiger charge is 2.22. The van der Waals surface area contributed by atoms with Crippen LogP contribution in [0.5, 0.6) is 0 Å². The summed E-state index contributed by atoms with van der Waals surface area (Å²) in [5.74, 6) is 0.431. The molecule has 144 valence electrons. The maximum absolute atomic E-state index is 10.6. The number of pyridine rings is 1. The maximum Gasteiger partial charge on any atom is 0.250 e. The molecule has 1 unspecified atom stereocenters. The van der Waals surface area contributed by atoms with Gasteiger partial charge in [-0.3, -0.25) is 4.68 Å². The summed E-state index contributed by atoms with van der Waals surface area (Å²) in [6.07, 6.45) is 6.24. The minimum absolute atomic E-state index is 0.123. The van der Waals surface area contributed by atoms with Crippen LogP contribution in [0.4, 0.5) is 0 Å². The Morgan fingerprint density at radius 3 is 2.83 bits per heavy atom. The minimum atomic E-state index is -1.03. The molecule has 0 saturated heterocycles. The van der Waals surface area contributed by atoms with Crippen LogP contribution in [-0.2, 0) is 7.05 Å². The van der Waals surface area contributed by atoms with E-state index in [-0.39, 0.29) is 5.89 Å². The van der Waals surface area contributed by atoms with Crippen LogP contribution in [0.2, 0.25) is 0 Å². The first-order valence-electron chi connectivity index (χ1n) is 8.82. The summed E-state index contributed by atoms with van der Waals surface area (Å²) >= 11 is 3.43. The summed E-state index contributed by atoms with van der Waals surface area (Å²) in [6, 6.07) is 9.36. The fourth-order valence-electron chi connectivity index (χ4n) is 3.19. The highest BCUT2D eigenvalue weighted by Crippen LogP contribution is 2.33. The number of aromatic amines is 1. The number of hydrogen-bond acceptors (Lipinski definition) is 6. The summed E-state index contributed by atoms with van der Waals surface area (Å²) in [6.45, 7) is 0. The molecule has 0 aliphatic heterocycles. The summed E-state index contributed by atoms with van der Waals surface area (Å²) in [4.78, 5) is 7.60. The summed E-state index contributed by atoms with van der Waals surface area (Å²) in [7, 11) is 1.87. The van der Waals surface area contributed by atoms with Crippen molar-refractivity contribution in [2.24, 2.45) is 7.05 Å². The Morgan fingerprint density at radius 2 is 2.03 bits per heavy atom. The van der Waals surface area contributed by atoms with Crippen molar-refractivity contribution in [2.75, 3.05) is 0 Å². The highest BCUT2D eigenvalue weighted by atomic mass is 79.9. The first-order chi connectivity index (χ1) is 14.1. The lowest BCUT2D eigenvalue weighted by Crippen LogP contribution is -2.00. The third kappa shape index (κ3) is 3.14. The molecule has 0 aliphatic rings. The lowest BCUT2D eigenvalue weighted by molar-refractivity contribution is 0.183. The van der Waals surface area contributed by atoms with Gasteiger partial charge in [0.05, 0.1) is 11.8 Å². The van der Waals surface area contributed by atoms with Gasteiger partial charge in [-0.1, -0.05) is 34.1 Å². The standard InChI is InChI=1S/C20H15BrN6O2/c1-27-10-12(8-24-27)11-6-14-15(9-23-18(14)22-7-11)19-25-26-20(29-19)17(28)13-4-2-3-5-16(13)21/h2-10,17,28H,1H3,(H,22,23). The molecular formula is C20H15BrN6O2. The molecule has 0 fully saturated rings. The van der Waals surface area contributed by atoms with Crippen molar-refractivity contribution < 1.29 is 9.52 Å². The number of aromatic nitrogens is 6. The van der Waals surface area contributed by atoms with Gasteiger partial charge in [-0.25, -0.2) is 4.98 Å². The zero-order chi connectivity index (χ0) is 20.0. The Labute approximate surface area is 173 Å². The maximum atomic E-state index is 10.6. The average Bonchev–Trinajstić information content (AvgIpc) is 3.46. The molecule has 4 aromatic heterocycles. The molecule has 5 aromatic rings. The molecule has 1 aromatic carbocycles. The van der Waals surface area contributed by atoms with Crippen molar-refractivity contribution in [2.45, 2.75) is 6.10 Å². The lowest BCUT2D eigenvalue weighted by atomic mass is 10.1. The van der Waals surface area contributed by atoms with Crippen LogP contribution in [0, 0.1) is 0 Å². The number of benzene rings is 1. The summed E-state index contributed by atoms with van der Waals surface area (Å²) < 4.78 is 8.31. The van der Waals surface area contributed by atoms with Gasteiger partial charge in [0.1, 0.15) is 5.65 Å². The molecule has 5 rings (SSSR count). The SMILES string of the molecule is Cn1cc(-c2cnc3[nH]cc(-c4nnc(C(O)c5ccccc5Br)o4)c3c2)cn1. The van der Waals surface area contributed by atoms with Crippen LogP contribution in [-0.4, -0.2) is 35.1 Å². The summed E-state index contributed by atoms with van der Waals surface area (Å²) in [5.41, 5.74) is 3.97. The topological polar surface area (TPSA) is 106 Å². The molecule has 0 aliphatic carbocycles. The van der Waals surface area contributed by atoms with Crippen LogP contribution in [0.1, 0.15) is 17.6 Å². The Hall–Kier alpha value is -3.30. The van der Waals surface area contributed by atoms with Crippen molar-refractivity contribution in [1.82, 2.24) is 29.9 Å². The van der Waals surface area contributed by atoms with E-state index in [1.807, 2.05) is 37.5 Å². The van der Waals surface area contributed by atoms with E-state index in [1.165, 1.54) is 0 Å². The molecule has 9 heteroatoms. The number of nitrogens with one attached hydrogen (secondary N) is 1. The molecule has 0 amide bonds. The van der Waals surface area contributed by atoms with E-state index in [9.17, 15) is 5.11 Å². The largest absolute Gasteiger partial charge is 0.417 e. The smallest absolute Gasteiger partial charge is 0.250 e. The number of aliphatic hydroxyl groups is 1. The molecule has 29 heavy (non-hydrogen) atoms. The zero-order valence-electron chi connectivity index (χ0n) is 15.2. The third-order valence-electron chi connectivity index (χ3n) is 4.67. The van der Waals surface area contributed by atoms with E-state index >= 15 is 0 Å². The zero-order valence-corrected chi connectivity index (χ0v) is 16.8. The van der Waals surface area contributed by atoms with E-state index in [4.69, 9.17) is 4.42 Å². The normalized spacial score (nSPS) is 12.5. The minimum Gasteiger partial charge on any atom is -0.417 e. The van der Waals surface area contributed by atoms with Gasteiger partial charge >= 0.3 is 0 Å². The van der Waals surface area contributed by atoms with E-state index in [1.54, 1.807) is 29.3 Å². The third-order valence-corrected chi connectivity index (χ3v) is 5.40. The van der Waals surface area contributed by atoms with Crippen LogP contribution in [0.25, 0.3) is 33.6 Å². The number of H-pyrrole nitrogens is 1. The van der Waals surface area contributed by atoms with Gasteiger partial charge in [0.2, 0.25) is 11.8 Å². The van der Waals surface area contributed by atoms with Gasteiger partial charge in [-0.2, -0.15) is 5.10 Å². The van der Waals surface area contributed by atoms with Gasteiger partial charge < -0.3 is 14.5 Å². The fourth-order valence-corrected chi connectivity index (χ4v) is 3.69. The Balaban J connectivity index is 1.54. The van der Waals surface area contributed by atoms with Crippen molar-refractivity contribution in [3.63, 3.8) is 0 Å². The molecule has 0 spiro atoms. The van der Waals surface area contributed by atoms with E-state index in [2.05, 4.69) is 41.2 Å². The second kappa shape index (κ2) is 6.94.